The first-order chi connectivity index (χ1) is 16.9. The minimum atomic E-state index is -0.541. The van der Waals surface area contributed by atoms with Gasteiger partial charge in [-0.2, -0.15) is 0 Å². The van der Waals surface area contributed by atoms with Gasteiger partial charge in [0.05, 0.1) is 14.2 Å². The van der Waals surface area contributed by atoms with Gasteiger partial charge in [-0.3, -0.25) is 0 Å². The lowest BCUT2D eigenvalue weighted by atomic mass is 9.65. The van der Waals surface area contributed by atoms with Crippen molar-refractivity contribution >= 4 is 31.9 Å². The summed E-state index contributed by atoms with van der Waals surface area (Å²) in [4.78, 5) is 1.90. The van der Waals surface area contributed by atoms with Crippen molar-refractivity contribution < 1.29 is 9.47 Å². The minimum Gasteiger partial charge on any atom is -0.497 e. The van der Waals surface area contributed by atoms with Crippen molar-refractivity contribution in [2.24, 2.45) is 0 Å². The number of allylic oxidation sites excluding steroid dienone is 8. The van der Waals surface area contributed by atoms with Crippen molar-refractivity contribution in [2.45, 2.75) is 32.6 Å². The molecule has 0 atom stereocenters. The summed E-state index contributed by atoms with van der Waals surface area (Å²) in [5.41, 5.74) is 4.68. The maximum atomic E-state index is 5.43. The van der Waals surface area contributed by atoms with Crippen LogP contribution in [0.1, 0.15) is 38.3 Å². The first kappa shape index (κ1) is 30.5. The molecule has 4 heteroatoms. The van der Waals surface area contributed by atoms with E-state index in [1.165, 1.54) is 0 Å². The van der Waals surface area contributed by atoms with Crippen LogP contribution in [0.5, 0.6) is 11.5 Å². The molecule has 2 aromatic carbocycles. The Kier molecular flexibility index (Phi) is 13.4. The predicted molar refractivity (Wildman–Crippen MR) is 160 cm³/mol. The fourth-order valence-electron chi connectivity index (χ4n) is 3.87. The van der Waals surface area contributed by atoms with E-state index >= 15 is 0 Å². The van der Waals surface area contributed by atoms with Gasteiger partial charge in [0.15, 0.2) is 0 Å². The maximum Gasteiger partial charge on any atom is 0.118 e. The summed E-state index contributed by atoms with van der Waals surface area (Å²) in [5.74, 6) is 1.61. The molecule has 0 fully saturated rings. The fraction of sp³-hybridized carbons (Fsp3) is 0.226. The smallest absolute Gasteiger partial charge is 0.118 e. The molecular weight excluding hydrogens is 564 g/mol. The highest BCUT2D eigenvalue weighted by Crippen LogP contribution is 2.47. The van der Waals surface area contributed by atoms with E-state index in [0.29, 0.717) is 6.42 Å². The molecule has 0 bridgehead atoms. The third-order valence-electron chi connectivity index (χ3n) is 5.75. The summed E-state index contributed by atoms with van der Waals surface area (Å²) in [6.07, 6.45) is 8.51. The number of hydrogen-bond acceptors (Lipinski definition) is 2. The second-order valence-electron chi connectivity index (χ2n) is 7.43. The molecule has 2 rings (SSSR count). The van der Waals surface area contributed by atoms with Gasteiger partial charge in [-0.1, -0.05) is 108 Å². The molecule has 0 aliphatic carbocycles. The fourth-order valence-corrected chi connectivity index (χ4v) is 4.29. The van der Waals surface area contributed by atoms with Crippen LogP contribution in [-0.2, 0) is 5.41 Å². The number of ether oxygens (including phenoxy) is 2. The second-order valence-corrected chi connectivity index (χ2v) is 8.87. The Bertz CT molecular complexity index is 1020. The largest absolute Gasteiger partial charge is 0.497 e. The van der Waals surface area contributed by atoms with Crippen LogP contribution in [0, 0.1) is 0 Å². The summed E-state index contributed by atoms with van der Waals surface area (Å²) >= 11 is 7.13. The van der Waals surface area contributed by atoms with Crippen LogP contribution >= 0.6 is 31.9 Å². The second kappa shape index (κ2) is 15.4. The van der Waals surface area contributed by atoms with Gasteiger partial charge in [0.1, 0.15) is 11.5 Å². The molecule has 0 heterocycles. The Hall–Kier alpha value is -2.56. The van der Waals surface area contributed by atoms with Crippen LogP contribution in [0.3, 0.4) is 0 Å². The lowest BCUT2D eigenvalue weighted by molar-refractivity contribution is 0.414. The van der Waals surface area contributed by atoms with Gasteiger partial charge < -0.3 is 9.47 Å². The molecule has 2 nitrogen and oxygen atoms in total. The van der Waals surface area contributed by atoms with E-state index in [0.717, 1.165) is 43.8 Å². The zero-order valence-electron chi connectivity index (χ0n) is 21.4. The highest BCUT2D eigenvalue weighted by molar-refractivity contribution is 9.12. The Morgan fingerprint density at radius 1 is 0.886 bits per heavy atom. The monoisotopic (exact) mass is 598 g/mol. The van der Waals surface area contributed by atoms with Crippen LogP contribution < -0.4 is 9.47 Å². The van der Waals surface area contributed by atoms with Crippen LogP contribution in [0.2, 0.25) is 0 Å². The molecule has 2 aromatic rings. The van der Waals surface area contributed by atoms with E-state index < -0.39 is 5.41 Å². The van der Waals surface area contributed by atoms with Gasteiger partial charge in [0, 0.05) is 9.90 Å². The van der Waals surface area contributed by atoms with Crippen molar-refractivity contribution in [2.75, 3.05) is 14.2 Å². The van der Waals surface area contributed by atoms with Gasteiger partial charge in [0.2, 0.25) is 0 Å². The van der Waals surface area contributed by atoms with Crippen molar-refractivity contribution in [3.8, 4) is 11.5 Å². The van der Waals surface area contributed by atoms with E-state index in [1.54, 1.807) is 26.4 Å². The van der Waals surface area contributed by atoms with E-state index in [4.69, 9.17) is 9.47 Å². The summed E-state index contributed by atoms with van der Waals surface area (Å²) in [5, 5.41) is 0. The number of benzene rings is 2. The SMILES string of the molecule is C=CC(=C)/C(C)=C(/C=C(/Br)C=C)C(C/C=C/Br)(c1ccc(OC)cc1)c1ccc(OC)cc1.CC. The number of hydrogen-bond donors (Lipinski definition) is 0. The highest BCUT2D eigenvalue weighted by atomic mass is 79.9. The van der Waals surface area contributed by atoms with Gasteiger partial charge in [-0.25, -0.2) is 0 Å². The number of methoxy groups -OCH3 is 2. The van der Waals surface area contributed by atoms with E-state index in [9.17, 15) is 0 Å². The minimum absolute atomic E-state index is 0.541. The molecular formula is C31H36Br2O2. The normalized spacial score (nSPS) is 12.3. The predicted octanol–water partition coefficient (Wildman–Crippen LogP) is 9.84. The molecule has 0 radical (unpaired) electrons. The Labute approximate surface area is 228 Å². The molecule has 186 valence electrons. The van der Waals surface area contributed by atoms with E-state index in [2.05, 4.69) is 94.9 Å². The van der Waals surface area contributed by atoms with Gasteiger partial charge in [-0.15, -0.1) is 0 Å². The topological polar surface area (TPSA) is 18.5 Å². The lowest BCUT2D eigenvalue weighted by Gasteiger charge is -2.38. The zero-order valence-corrected chi connectivity index (χ0v) is 24.6. The Morgan fingerprint density at radius 3 is 1.69 bits per heavy atom. The number of halogens is 2. The summed E-state index contributed by atoms with van der Waals surface area (Å²) < 4.78 is 11.7. The third-order valence-corrected chi connectivity index (χ3v) is 6.67. The quantitative estimate of drug-likeness (QED) is 0.239. The average molecular weight is 600 g/mol. The first-order valence-electron chi connectivity index (χ1n) is 11.4. The van der Waals surface area contributed by atoms with Crippen LogP contribution in [0.25, 0.3) is 0 Å². The van der Waals surface area contributed by atoms with Crippen LogP contribution in [0.4, 0.5) is 0 Å². The zero-order chi connectivity index (χ0) is 26.4. The molecule has 0 aliphatic heterocycles. The van der Waals surface area contributed by atoms with E-state index in [-0.39, 0.29) is 0 Å². The molecule has 0 saturated carbocycles. The van der Waals surface area contributed by atoms with E-state index in [1.807, 2.05) is 43.1 Å². The van der Waals surface area contributed by atoms with Gasteiger partial charge in [0.25, 0.3) is 0 Å². The summed E-state index contributed by atoms with van der Waals surface area (Å²) in [6.45, 7) is 18.2. The molecule has 0 saturated heterocycles. The maximum absolute atomic E-state index is 5.43. The molecule has 0 aromatic heterocycles. The Balaban J connectivity index is 0.00000298. The van der Waals surface area contributed by atoms with Crippen LogP contribution in [-0.4, -0.2) is 14.2 Å². The molecule has 0 unspecified atom stereocenters. The van der Waals surface area contributed by atoms with Crippen LogP contribution in [0.15, 0.2) is 119 Å². The molecule has 0 amide bonds. The van der Waals surface area contributed by atoms with Crippen molar-refractivity contribution in [3.63, 3.8) is 0 Å². The average Bonchev–Trinajstić information content (AvgIpc) is 2.93. The molecule has 0 aliphatic rings. The summed E-state index contributed by atoms with van der Waals surface area (Å²) in [6, 6.07) is 16.4. The molecule has 35 heavy (non-hydrogen) atoms. The molecule has 0 N–H and O–H groups in total. The lowest BCUT2D eigenvalue weighted by Crippen LogP contribution is -2.30. The van der Waals surface area contributed by atoms with Crippen molar-refractivity contribution in [1.29, 1.82) is 0 Å². The van der Waals surface area contributed by atoms with Gasteiger partial charge >= 0.3 is 0 Å². The summed E-state index contributed by atoms with van der Waals surface area (Å²) in [7, 11) is 3.35. The van der Waals surface area contributed by atoms with Crippen molar-refractivity contribution in [1.82, 2.24) is 0 Å². The Morgan fingerprint density at radius 2 is 1.34 bits per heavy atom. The van der Waals surface area contributed by atoms with Gasteiger partial charge in [-0.05, 0) is 76.5 Å². The van der Waals surface area contributed by atoms with Crippen molar-refractivity contribution in [3.05, 3.63) is 130 Å². The molecule has 0 spiro atoms. The standard InChI is InChI=1S/C29H30Br2O2.C2H6/c1-7-21(3)22(4)28(20-25(31)8-2)29(18-9-19-30,23-10-14-26(32-5)15-11-23)24-12-16-27(33-6)17-13-24;1-2/h7-17,19-20H,1-3,18H2,4-6H3;1-2H3/b19-9+,25-20+,28-22-;. The number of rotatable bonds is 11. The highest BCUT2D eigenvalue weighted by Gasteiger charge is 2.38. The third kappa shape index (κ3) is 7.46. The first-order valence-corrected chi connectivity index (χ1v) is 13.2.